The van der Waals surface area contributed by atoms with Crippen molar-refractivity contribution in [2.75, 3.05) is 18.6 Å². The SMILES string of the molecule is CCCCCCN(C(=O)C(CCSC)NC(=O)OC(C)(C)C)C(C(=O)NC(C)CCC)c1ccccc1. The van der Waals surface area contributed by atoms with Crippen LogP contribution in [-0.2, 0) is 14.3 Å². The largest absolute Gasteiger partial charge is 0.444 e. The van der Waals surface area contributed by atoms with Crippen molar-refractivity contribution in [2.24, 2.45) is 0 Å². The molecule has 0 aromatic heterocycles. The summed E-state index contributed by atoms with van der Waals surface area (Å²) in [5, 5.41) is 5.92. The molecule has 7 nitrogen and oxygen atoms in total. The lowest BCUT2D eigenvalue weighted by Crippen LogP contribution is -2.54. The monoisotopic (exact) mass is 535 g/mol. The maximum absolute atomic E-state index is 14.1. The number of hydrogen-bond acceptors (Lipinski definition) is 5. The van der Waals surface area contributed by atoms with Gasteiger partial charge < -0.3 is 20.3 Å². The summed E-state index contributed by atoms with van der Waals surface area (Å²) in [5.41, 5.74) is 0.0762. The third-order valence-corrected chi connectivity index (χ3v) is 6.56. The van der Waals surface area contributed by atoms with E-state index in [1.165, 1.54) is 0 Å². The van der Waals surface area contributed by atoms with Crippen LogP contribution in [0.5, 0.6) is 0 Å². The van der Waals surface area contributed by atoms with Crippen LogP contribution in [0.2, 0.25) is 0 Å². The van der Waals surface area contributed by atoms with Crippen LogP contribution in [0.25, 0.3) is 0 Å². The standard InChI is InChI=1S/C29H49N3O4S/c1-8-10-11-15-20-32(27(34)24(19-21-37-7)31-28(35)36-29(4,5)6)25(23-17-13-12-14-18-23)26(33)30-22(3)16-9-2/h12-14,17-18,22,24-25H,8-11,15-16,19-21H2,1-7H3,(H,30,33)(H,31,35). The zero-order valence-corrected chi connectivity index (χ0v) is 24.8. The molecular weight excluding hydrogens is 486 g/mol. The molecule has 8 heteroatoms. The van der Waals surface area contributed by atoms with Crippen molar-refractivity contribution in [3.05, 3.63) is 35.9 Å². The summed E-state index contributed by atoms with van der Waals surface area (Å²) < 4.78 is 5.46. The smallest absolute Gasteiger partial charge is 0.408 e. The average molecular weight is 536 g/mol. The molecule has 0 heterocycles. The van der Waals surface area contributed by atoms with Gasteiger partial charge in [-0.2, -0.15) is 11.8 Å². The Bertz CT molecular complexity index is 813. The van der Waals surface area contributed by atoms with Crippen LogP contribution < -0.4 is 10.6 Å². The van der Waals surface area contributed by atoms with Crippen LogP contribution >= 0.6 is 11.8 Å². The number of carbonyl (C=O) groups is 3. The summed E-state index contributed by atoms with van der Waals surface area (Å²) in [6.45, 7) is 12.0. The molecule has 37 heavy (non-hydrogen) atoms. The van der Waals surface area contributed by atoms with Crippen LogP contribution in [-0.4, -0.2) is 59.0 Å². The Labute approximate surface area is 228 Å². The van der Waals surface area contributed by atoms with Crippen LogP contribution in [0, 0.1) is 0 Å². The van der Waals surface area contributed by atoms with Gasteiger partial charge in [0.25, 0.3) is 0 Å². The van der Waals surface area contributed by atoms with Crippen molar-refractivity contribution in [1.29, 1.82) is 0 Å². The molecule has 1 aromatic rings. The highest BCUT2D eigenvalue weighted by molar-refractivity contribution is 7.98. The zero-order valence-electron chi connectivity index (χ0n) is 24.0. The van der Waals surface area contributed by atoms with Gasteiger partial charge in [-0.15, -0.1) is 0 Å². The van der Waals surface area contributed by atoms with Crippen LogP contribution in [0.4, 0.5) is 4.79 Å². The van der Waals surface area contributed by atoms with Gasteiger partial charge in [0, 0.05) is 12.6 Å². The number of nitrogens with zero attached hydrogens (tertiary/aromatic N) is 1. The highest BCUT2D eigenvalue weighted by atomic mass is 32.2. The average Bonchev–Trinajstić information content (AvgIpc) is 2.82. The molecule has 2 N–H and O–H groups in total. The Morgan fingerprint density at radius 2 is 1.65 bits per heavy atom. The molecule has 0 radical (unpaired) electrons. The molecular formula is C29H49N3O4S. The van der Waals surface area contributed by atoms with Crippen LogP contribution in [0.3, 0.4) is 0 Å². The number of alkyl carbamates (subject to hydrolysis) is 1. The Balaban J connectivity index is 3.39. The normalized spacial score (nSPS) is 13.8. The summed E-state index contributed by atoms with van der Waals surface area (Å²) in [7, 11) is 0. The van der Waals surface area contributed by atoms with Gasteiger partial charge in [0.1, 0.15) is 17.7 Å². The van der Waals surface area contributed by atoms with E-state index >= 15 is 0 Å². The van der Waals surface area contributed by atoms with Gasteiger partial charge in [-0.25, -0.2) is 4.79 Å². The second-order valence-corrected chi connectivity index (χ2v) is 11.6. The number of unbranched alkanes of at least 4 members (excludes halogenated alkanes) is 3. The second-order valence-electron chi connectivity index (χ2n) is 10.6. The van der Waals surface area contributed by atoms with E-state index in [1.807, 2.05) is 43.5 Å². The van der Waals surface area contributed by atoms with Crippen molar-refractivity contribution in [3.8, 4) is 0 Å². The van der Waals surface area contributed by atoms with Gasteiger partial charge in [0.05, 0.1) is 0 Å². The lowest BCUT2D eigenvalue weighted by Gasteiger charge is -2.35. The van der Waals surface area contributed by atoms with E-state index < -0.39 is 23.8 Å². The lowest BCUT2D eigenvalue weighted by atomic mass is 10.0. The van der Waals surface area contributed by atoms with E-state index in [0.29, 0.717) is 18.7 Å². The Hall–Kier alpha value is -2.22. The highest BCUT2D eigenvalue weighted by Crippen LogP contribution is 2.25. The van der Waals surface area contributed by atoms with E-state index in [2.05, 4.69) is 24.5 Å². The minimum atomic E-state index is -0.791. The topological polar surface area (TPSA) is 87.7 Å². The predicted molar refractivity (Wildman–Crippen MR) is 154 cm³/mol. The summed E-state index contributed by atoms with van der Waals surface area (Å²) >= 11 is 1.61. The fraction of sp³-hybridized carbons (Fsp3) is 0.690. The predicted octanol–water partition coefficient (Wildman–Crippen LogP) is 6.09. The van der Waals surface area contributed by atoms with Crippen LogP contribution in [0.1, 0.15) is 98.1 Å². The first-order valence-electron chi connectivity index (χ1n) is 13.7. The molecule has 0 aliphatic carbocycles. The summed E-state index contributed by atoms with van der Waals surface area (Å²) in [5.74, 6) is 0.228. The zero-order chi connectivity index (χ0) is 27.8. The summed E-state index contributed by atoms with van der Waals surface area (Å²) in [6, 6.07) is 7.86. The molecule has 0 aliphatic heterocycles. The van der Waals surface area contributed by atoms with Gasteiger partial charge in [-0.05, 0) is 64.5 Å². The van der Waals surface area contributed by atoms with Gasteiger partial charge in [-0.1, -0.05) is 69.9 Å². The van der Waals surface area contributed by atoms with Gasteiger partial charge in [0.15, 0.2) is 0 Å². The number of ether oxygens (including phenoxy) is 1. The quantitative estimate of drug-likeness (QED) is 0.250. The number of thioether (sulfide) groups is 1. The maximum Gasteiger partial charge on any atom is 0.408 e. The van der Waals surface area contributed by atoms with E-state index in [4.69, 9.17) is 4.74 Å². The van der Waals surface area contributed by atoms with Gasteiger partial charge in [0.2, 0.25) is 11.8 Å². The molecule has 3 atom stereocenters. The Morgan fingerprint density at radius 1 is 0.973 bits per heavy atom. The van der Waals surface area contributed by atoms with Gasteiger partial charge in [-0.3, -0.25) is 9.59 Å². The van der Waals surface area contributed by atoms with Crippen molar-refractivity contribution in [1.82, 2.24) is 15.5 Å². The van der Waals surface area contributed by atoms with Crippen molar-refractivity contribution >= 4 is 29.7 Å². The molecule has 3 unspecified atom stereocenters. The molecule has 0 saturated carbocycles. The number of amides is 3. The molecule has 1 rings (SSSR count). The Kier molecular flexibility index (Phi) is 15.4. The first-order valence-corrected chi connectivity index (χ1v) is 15.1. The van der Waals surface area contributed by atoms with Crippen molar-refractivity contribution < 1.29 is 19.1 Å². The first-order chi connectivity index (χ1) is 17.5. The summed E-state index contributed by atoms with van der Waals surface area (Å²) in [6.07, 6.45) is 7.46. The van der Waals surface area contributed by atoms with E-state index in [1.54, 1.807) is 37.4 Å². The number of nitrogens with one attached hydrogen (secondary N) is 2. The second kappa shape index (κ2) is 17.3. The number of benzene rings is 1. The van der Waals surface area contributed by atoms with Crippen molar-refractivity contribution in [2.45, 2.75) is 110 Å². The van der Waals surface area contributed by atoms with Gasteiger partial charge >= 0.3 is 6.09 Å². The third-order valence-electron chi connectivity index (χ3n) is 5.92. The number of rotatable bonds is 16. The third kappa shape index (κ3) is 12.7. The lowest BCUT2D eigenvalue weighted by molar-refractivity contribution is -0.143. The van der Waals surface area contributed by atoms with Crippen molar-refractivity contribution in [3.63, 3.8) is 0 Å². The van der Waals surface area contributed by atoms with E-state index in [0.717, 1.165) is 44.1 Å². The van der Waals surface area contributed by atoms with E-state index in [9.17, 15) is 14.4 Å². The molecule has 0 fully saturated rings. The summed E-state index contributed by atoms with van der Waals surface area (Å²) in [4.78, 5) is 42.1. The minimum Gasteiger partial charge on any atom is -0.444 e. The molecule has 210 valence electrons. The Morgan fingerprint density at radius 3 is 2.22 bits per heavy atom. The number of hydrogen-bond donors (Lipinski definition) is 2. The first kappa shape index (κ1) is 32.8. The molecule has 0 bridgehead atoms. The molecule has 0 saturated heterocycles. The van der Waals surface area contributed by atoms with E-state index in [-0.39, 0.29) is 17.9 Å². The molecule has 0 aliphatic rings. The molecule has 1 aromatic carbocycles. The minimum absolute atomic E-state index is 0.00654. The van der Waals surface area contributed by atoms with Crippen LogP contribution in [0.15, 0.2) is 30.3 Å². The highest BCUT2D eigenvalue weighted by Gasteiger charge is 2.36. The fourth-order valence-electron chi connectivity index (χ4n) is 4.15. The molecule has 0 spiro atoms. The fourth-order valence-corrected chi connectivity index (χ4v) is 4.63. The maximum atomic E-state index is 14.1. The number of carbonyl (C=O) groups excluding carboxylic acids is 3. The molecule has 3 amide bonds.